The molecule has 2 N–H and O–H groups in total. The summed E-state index contributed by atoms with van der Waals surface area (Å²) < 4.78 is 14.6. The quantitative estimate of drug-likeness (QED) is 0.625. The van der Waals surface area contributed by atoms with Crippen LogP contribution in [0.4, 0.5) is 10.1 Å². The number of hydrogen-bond acceptors (Lipinski definition) is 3. The van der Waals surface area contributed by atoms with Gasteiger partial charge in [-0.2, -0.15) is 0 Å². The second-order valence-electron chi connectivity index (χ2n) is 6.16. The normalized spacial score (nSPS) is 10.7. The van der Waals surface area contributed by atoms with Gasteiger partial charge in [0, 0.05) is 18.4 Å². The number of nitrogens with one attached hydrogen (secondary N) is 2. The molecule has 2 amide bonds. The number of carbonyl (C=O) groups is 2. The van der Waals surface area contributed by atoms with Crippen molar-refractivity contribution in [2.45, 2.75) is 26.2 Å². The molecule has 0 aliphatic rings. The highest BCUT2D eigenvalue weighted by atomic mass is 19.1. The highest BCUT2D eigenvalue weighted by Gasteiger charge is 2.21. The zero-order chi connectivity index (χ0) is 19.2. The van der Waals surface area contributed by atoms with Crippen molar-refractivity contribution >= 4 is 23.0 Å². The van der Waals surface area contributed by atoms with Crippen LogP contribution in [0.2, 0.25) is 0 Å². The molecule has 0 unspecified atom stereocenters. The minimum absolute atomic E-state index is 0.138. The molecule has 0 saturated heterocycles. The van der Waals surface area contributed by atoms with E-state index in [1.54, 1.807) is 28.8 Å². The summed E-state index contributed by atoms with van der Waals surface area (Å²) in [4.78, 5) is 29.4. The van der Waals surface area contributed by atoms with Crippen molar-refractivity contribution in [2.24, 2.45) is 0 Å². The molecular weight excluding hydrogens is 347 g/mol. The van der Waals surface area contributed by atoms with Gasteiger partial charge >= 0.3 is 0 Å². The monoisotopic (exact) mass is 368 g/mol. The van der Waals surface area contributed by atoms with Gasteiger partial charge in [0.25, 0.3) is 11.8 Å². The van der Waals surface area contributed by atoms with Gasteiger partial charge in [0.05, 0.1) is 5.52 Å². The Morgan fingerprint density at radius 2 is 1.85 bits per heavy atom. The van der Waals surface area contributed by atoms with Gasteiger partial charge < -0.3 is 10.6 Å². The maximum atomic E-state index is 13.0. The molecule has 140 valence electrons. The molecule has 2 heterocycles. The lowest BCUT2D eigenvalue weighted by Crippen LogP contribution is -2.26. The van der Waals surface area contributed by atoms with E-state index >= 15 is 0 Å². The van der Waals surface area contributed by atoms with Crippen LogP contribution in [0.5, 0.6) is 0 Å². The maximum absolute atomic E-state index is 13.0. The van der Waals surface area contributed by atoms with Gasteiger partial charge in [0.2, 0.25) is 5.82 Å². The summed E-state index contributed by atoms with van der Waals surface area (Å²) >= 11 is 0. The molecule has 27 heavy (non-hydrogen) atoms. The van der Waals surface area contributed by atoms with Crippen LogP contribution in [0.25, 0.3) is 5.52 Å². The Morgan fingerprint density at radius 3 is 2.59 bits per heavy atom. The number of halogens is 1. The van der Waals surface area contributed by atoms with E-state index in [9.17, 15) is 14.0 Å². The summed E-state index contributed by atoms with van der Waals surface area (Å²) in [6.07, 6.45) is 4.69. The molecule has 2 aromatic heterocycles. The topological polar surface area (TPSA) is 75.5 Å². The van der Waals surface area contributed by atoms with Crippen LogP contribution in [-0.2, 0) is 0 Å². The van der Waals surface area contributed by atoms with Crippen LogP contribution < -0.4 is 10.6 Å². The molecule has 0 aliphatic carbocycles. The van der Waals surface area contributed by atoms with Gasteiger partial charge in [0.15, 0.2) is 5.69 Å². The predicted molar refractivity (Wildman–Crippen MR) is 101 cm³/mol. The molecule has 0 saturated carbocycles. The average molecular weight is 368 g/mol. The molecule has 1 aromatic carbocycles. The lowest BCUT2D eigenvalue weighted by Gasteiger charge is -2.03. The number of anilines is 1. The standard InChI is InChI=1S/C20H21FN4O2/c1-2-3-5-12-22-20(27)18-24-17(16-7-4-6-13-25(16)18)19(26)23-15-10-8-14(21)9-11-15/h4,6-11,13H,2-3,5,12H2,1H3,(H,22,27)(H,23,26). The lowest BCUT2D eigenvalue weighted by atomic mass is 10.2. The third-order valence-electron chi connectivity index (χ3n) is 4.13. The van der Waals surface area contributed by atoms with Crippen LogP contribution in [0.15, 0.2) is 48.7 Å². The summed E-state index contributed by atoms with van der Waals surface area (Å²) in [7, 11) is 0. The smallest absolute Gasteiger partial charge is 0.287 e. The number of amides is 2. The number of pyridine rings is 1. The number of imidazole rings is 1. The van der Waals surface area contributed by atoms with Gasteiger partial charge in [-0.15, -0.1) is 0 Å². The number of carbonyl (C=O) groups excluding carboxylic acids is 2. The maximum Gasteiger partial charge on any atom is 0.287 e. The third kappa shape index (κ3) is 4.31. The number of nitrogens with zero attached hydrogens (tertiary/aromatic N) is 2. The molecule has 3 aromatic rings. The van der Waals surface area contributed by atoms with Crippen molar-refractivity contribution in [2.75, 3.05) is 11.9 Å². The fourth-order valence-electron chi connectivity index (χ4n) is 2.74. The summed E-state index contributed by atoms with van der Waals surface area (Å²) in [5, 5.41) is 5.52. The molecule has 0 fully saturated rings. The molecule has 3 rings (SSSR count). The molecule has 0 radical (unpaired) electrons. The van der Waals surface area contributed by atoms with Gasteiger partial charge in [-0.1, -0.05) is 25.8 Å². The first kappa shape index (κ1) is 18.6. The number of aromatic nitrogens is 2. The fourth-order valence-corrected chi connectivity index (χ4v) is 2.74. The Hall–Kier alpha value is -3.22. The van der Waals surface area contributed by atoms with Crippen molar-refractivity contribution < 1.29 is 14.0 Å². The molecule has 7 heteroatoms. The van der Waals surface area contributed by atoms with Crippen molar-refractivity contribution in [3.63, 3.8) is 0 Å². The summed E-state index contributed by atoms with van der Waals surface area (Å²) in [5.41, 5.74) is 1.11. The average Bonchev–Trinajstić information content (AvgIpc) is 3.07. The zero-order valence-electron chi connectivity index (χ0n) is 15.0. The van der Waals surface area contributed by atoms with Crippen molar-refractivity contribution in [1.29, 1.82) is 0 Å². The van der Waals surface area contributed by atoms with E-state index in [1.807, 2.05) is 0 Å². The summed E-state index contributed by atoms with van der Waals surface area (Å²) in [6, 6.07) is 10.7. The minimum Gasteiger partial charge on any atom is -0.349 e. The van der Waals surface area contributed by atoms with Gasteiger partial charge in [-0.3, -0.25) is 14.0 Å². The van der Waals surface area contributed by atoms with E-state index in [0.29, 0.717) is 17.7 Å². The molecule has 0 spiro atoms. The number of benzene rings is 1. The van der Waals surface area contributed by atoms with E-state index in [1.165, 1.54) is 24.3 Å². The van der Waals surface area contributed by atoms with Crippen LogP contribution in [0.3, 0.4) is 0 Å². The zero-order valence-corrected chi connectivity index (χ0v) is 15.0. The number of unbranched alkanes of at least 4 members (excludes halogenated alkanes) is 2. The van der Waals surface area contributed by atoms with Crippen LogP contribution in [0, 0.1) is 5.82 Å². The van der Waals surface area contributed by atoms with Gasteiger partial charge in [-0.05, 0) is 42.8 Å². The fraction of sp³-hybridized carbons (Fsp3) is 0.250. The third-order valence-corrected chi connectivity index (χ3v) is 4.13. The van der Waals surface area contributed by atoms with Gasteiger partial charge in [0.1, 0.15) is 5.82 Å². The largest absolute Gasteiger partial charge is 0.349 e. The summed E-state index contributed by atoms with van der Waals surface area (Å²) in [5.74, 6) is -1.02. The highest BCUT2D eigenvalue weighted by molar-refractivity contribution is 6.08. The second kappa shape index (κ2) is 8.44. The van der Waals surface area contributed by atoms with E-state index in [4.69, 9.17) is 0 Å². The van der Waals surface area contributed by atoms with Crippen LogP contribution >= 0.6 is 0 Å². The molecule has 0 bridgehead atoms. The first-order chi connectivity index (χ1) is 13.1. The Balaban J connectivity index is 1.84. The molecule has 0 atom stereocenters. The molecular formula is C20H21FN4O2. The lowest BCUT2D eigenvalue weighted by molar-refractivity contribution is 0.0942. The Labute approximate surface area is 156 Å². The van der Waals surface area contributed by atoms with Crippen LogP contribution in [-0.4, -0.2) is 27.7 Å². The second-order valence-corrected chi connectivity index (χ2v) is 6.16. The Bertz CT molecular complexity index is 950. The van der Waals surface area contributed by atoms with E-state index in [0.717, 1.165) is 19.3 Å². The van der Waals surface area contributed by atoms with Crippen LogP contribution in [0.1, 0.15) is 47.3 Å². The first-order valence-electron chi connectivity index (χ1n) is 8.92. The van der Waals surface area contributed by atoms with E-state index in [-0.39, 0.29) is 23.2 Å². The SMILES string of the molecule is CCCCCNC(=O)c1nc(C(=O)Nc2ccc(F)cc2)c2ccccn12. The minimum atomic E-state index is -0.463. The molecule has 6 nitrogen and oxygen atoms in total. The number of fused-ring (bicyclic) bond motifs is 1. The number of hydrogen-bond donors (Lipinski definition) is 2. The number of rotatable bonds is 7. The Morgan fingerprint density at radius 1 is 1.07 bits per heavy atom. The van der Waals surface area contributed by atoms with Crippen molar-refractivity contribution in [3.05, 3.63) is 66.0 Å². The van der Waals surface area contributed by atoms with E-state index < -0.39 is 5.91 Å². The molecule has 0 aliphatic heterocycles. The summed E-state index contributed by atoms with van der Waals surface area (Å²) in [6.45, 7) is 2.65. The highest BCUT2D eigenvalue weighted by Crippen LogP contribution is 2.16. The Kier molecular flexibility index (Phi) is 5.80. The first-order valence-corrected chi connectivity index (χ1v) is 8.92. The predicted octanol–water partition coefficient (Wildman–Crippen LogP) is 3.65. The van der Waals surface area contributed by atoms with Crippen molar-refractivity contribution in [3.8, 4) is 0 Å². The van der Waals surface area contributed by atoms with Crippen molar-refractivity contribution in [1.82, 2.24) is 14.7 Å². The van der Waals surface area contributed by atoms with E-state index in [2.05, 4.69) is 22.5 Å². The van der Waals surface area contributed by atoms with Gasteiger partial charge in [-0.25, -0.2) is 9.37 Å².